The molecule has 28 heavy (non-hydrogen) atoms. The van der Waals surface area contributed by atoms with Crippen LogP contribution in [0.2, 0.25) is 5.02 Å². The van der Waals surface area contributed by atoms with Gasteiger partial charge in [-0.3, -0.25) is 15.0 Å². The van der Waals surface area contributed by atoms with Crippen molar-refractivity contribution in [2.75, 3.05) is 23.0 Å². The summed E-state index contributed by atoms with van der Waals surface area (Å²) in [5, 5.41) is 12.0. The van der Waals surface area contributed by atoms with Gasteiger partial charge in [0.15, 0.2) is 0 Å². The summed E-state index contributed by atoms with van der Waals surface area (Å²) in [5.41, 5.74) is 5.10. The maximum Gasteiger partial charge on any atom is 0.282 e. The average Bonchev–Trinajstić information content (AvgIpc) is 2.95. The summed E-state index contributed by atoms with van der Waals surface area (Å²) in [5.74, 6) is -1.03. The van der Waals surface area contributed by atoms with Gasteiger partial charge in [0.05, 0.1) is 5.69 Å². The number of hydrogen-bond acceptors (Lipinski definition) is 4. The first kappa shape index (κ1) is 19.8. The predicted octanol–water partition coefficient (Wildman–Crippen LogP) is 3.66. The van der Waals surface area contributed by atoms with Gasteiger partial charge in [-0.1, -0.05) is 17.7 Å². The van der Waals surface area contributed by atoms with Gasteiger partial charge < -0.3 is 10.0 Å². The molecule has 1 aliphatic heterocycles. The number of phenols is 1. The number of nitrogens with one attached hydrogen (secondary N) is 1. The Balaban J connectivity index is 1.91. The van der Waals surface area contributed by atoms with Crippen LogP contribution in [0.15, 0.2) is 42.0 Å². The number of anilines is 2. The third-order valence-corrected chi connectivity index (χ3v) is 5.15. The van der Waals surface area contributed by atoms with Gasteiger partial charge in [-0.25, -0.2) is 5.01 Å². The lowest BCUT2D eigenvalue weighted by molar-refractivity contribution is -0.117. The smallest absolute Gasteiger partial charge is 0.282 e. The van der Waals surface area contributed by atoms with Gasteiger partial charge in [-0.05, 0) is 56.7 Å². The zero-order valence-electron chi connectivity index (χ0n) is 16.0. The Bertz CT molecular complexity index is 967. The summed E-state index contributed by atoms with van der Waals surface area (Å²) in [4.78, 5) is 27.2. The number of aryl methyl sites for hydroxylation is 1. The van der Waals surface area contributed by atoms with Crippen molar-refractivity contribution >= 4 is 40.9 Å². The fraction of sp³-hybridized carbons (Fsp3) is 0.238. The summed E-state index contributed by atoms with van der Waals surface area (Å²) in [6.45, 7) is 7.54. The van der Waals surface area contributed by atoms with Crippen molar-refractivity contribution in [3.05, 3.63) is 58.1 Å². The summed E-state index contributed by atoms with van der Waals surface area (Å²) >= 11 is 6.13. The molecule has 0 bridgehead atoms. The molecule has 0 unspecified atom stereocenters. The van der Waals surface area contributed by atoms with E-state index in [-0.39, 0.29) is 11.3 Å². The molecule has 1 heterocycles. The minimum atomic E-state index is -0.533. The van der Waals surface area contributed by atoms with Crippen molar-refractivity contribution in [2.45, 2.75) is 20.8 Å². The van der Waals surface area contributed by atoms with Crippen LogP contribution in [0.1, 0.15) is 25.0 Å². The van der Waals surface area contributed by atoms with E-state index in [1.165, 1.54) is 6.08 Å². The van der Waals surface area contributed by atoms with Crippen molar-refractivity contribution < 1.29 is 14.7 Å². The van der Waals surface area contributed by atoms with Crippen LogP contribution >= 0.6 is 11.6 Å². The van der Waals surface area contributed by atoms with E-state index >= 15 is 0 Å². The first-order valence-electron chi connectivity index (χ1n) is 9.07. The van der Waals surface area contributed by atoms with Crippen LogP contribution in [0.5, 0.6) is 5.75 Å². The Morgan fingerprint density at radius 2 is 1.86 bits per heavy atom. The molecule has 1 fully saturated rings. The van der Waals surface area contributed by atoms with Crippen LogP contribution in [-0.4, -0.2) is 30.0 Å². The van der Waals surface area contributed by atoms with E-state index < -0.39 is 11.8 Å². The molecule has 0 spiro atoms. The molecule has 146 valence electrons. The number of benzene rings is 2. The van der Waals surface area contributed by atoms with Gasteiger partial charge in [-0.2, -0.15) is 0 Å². The van der Waals surface area contributed by atoms with Crippen molar-refractivity contribution in [3.63, 3.8) is 0 Å². The lowest BCUT2D eigenvalue weighted by Crippen LogP contribution is -2.35. The van der Waals surface area contributed by atoms with E-state index in [9.17, 15) is 14.7 Å². The molecule has 2 amide bonds. The van der Waals surface area contributed by atoms with Crippen LogP contribution in [-0.2, 0) is 9.59 Å². The number of phenolic OH excluding ortho intramolecular Hbond substituents is 1. The van der Waals surface area contributed by atoms with E-state index in [1.807, 2.05) is 26.8 Å². The molecule has 0 aromatic heterocycles. The third-order valence-electron chi connectivity index (χ3n) is 4.75. The highest BCUT2D eigenvalue weighted by atomic mass is 35.5. The number of halogens is 1. The van der Waals surface area contributed by atoms with Gasteiger partial charge in [0.2, 0.25) is 0 Å². The fourth-order valence-electron chi connectivity index (χ4n) is 3.06. The number of carbonyl (C=O) groups is 2. The number of rotatable bonds is 5. The van der Waals surface area contributed by atoms with Crippen molar-refractivity contribution in [1.29, 1.82) is 0 Å². The zero-order chi connectivity index (χ0) is 20.4. The molecule has 1 saturated heterocycles. The van der Waals surface area contributed by atoms with E-state index in [0.717, 1.165) is 29.3 Å². The molecular weight excluding hydrogens is 378 g/mol. The van der Waals surface area contributed by atoms with E-state index in [2.05, 4.69) is 10.3 Å². The lowest BCUT2D eigenvalue weighted by Gasteiger charge is -2.21. The summed E-state index contributed by atoms with van der Waals surface area (Å²) in [6.07, 6.45) is 1.40. The first-order valence-corrected chi connectivity index (χ1v) is 9.44. The van der Waals surface area contributed by atoms with Gasteiger partial charge in [-0.15, -0.1) is 0 Å². The van der Waals surface area contributed by atoms with E-state index in [4.69, 9.17) is 11.6 Å². The zero-order valence-corrected chi connectivity index (χ0v) is 16.7. The van der Waals surface area contributed by atoms with Crippen LogP contribution < -0.4 is 15.3 Å². The summed E-state index contributed by atoms with van der Waals surface area (Å²) in [7, 11) is 0. The van der Waals surface area contributed by atoms with Gasteiger partial charge >= 0.3 is 0 Å². The quantitative estimate of drug-likeness (QED) is 0.594. The van der Waals surface area contributed by atoms with Crippen LogP contribution in [0, 0.1) is 6.92 Å². The van der Waals surface area contributed by atoms with Crippen LogP contribution in [0.4, 0.5) is 11.4 Å². The molecule has 0 radical (unpaired) electrons. The van der Waals surface area contributed by atoms with Gasteiger partial charge in [0, 0.05) is 35.4 Å². The molecule has 6 nitrogen and oxygen atoms in total. The Morgan fingerprint density at radius 3 is 2.46 bits per heavy atom. The fourth-order valence-corrected chi connectivity index (χ4v) is 3.23. The Hall–Kier alpha value is -2.99. The average molecular weight is 400 g/mol. The van der Waals surface area contributed by atoms with Gasteiger partial charge in [0.25, 0.3) is 11.8 Å². The monoisotopic (exact) mass is 399 g/mol. The molecule has 3 rings (SSSR count). The number of amides is 2. The highest BCUT2D eigenvalue weighted by Crippen LogP contribution is 2.29. The molecule has 0 atom stereocenters. The molecule has 1 aliphatic rings. The highest BCUT2D eigenvalue weighted by Gasteiger charge is 2.34. The molecule has 2 N–H and O–H groups in total. The van der Waals surface area contributed by atoms with Crippen molar-refractivity contribution in [3.8, 4) is 5.75 Å². The first-order chi connectivity index (χ1) is 13.3. The summed E-state index contributed by atoms with van der Waals surface area (Å²) in [6, 6.07) is 10.3. The number of hydrazine groups is 1. The largest absolute Gasteiger partial charge is 0.507 e. The lowest BCUT2D eigenvalue weighted by atomic mass is 10.1. The van der Waals surface area contributed by atoms with Crippen molar-refractivity contribution in [2.24, 2.45) is 0 Å². The van der Waals surface area contributed by atoms with Crippen molar-refractivity contribution in [1.82, 2.24) is 5.43 Å². The third kappa shape index (κ3) is 3.68. The number of carbonyl (C=O) groups excluding carboxylic acids is 2. The minimum absolute atomic E-state index is 0.00864. The second kappa shape index (κ2) is 7.94. The van der Waals surface area contributed by atoms with E-state index in [1.54, 1.807) is 30.3 Å². The predicted molar refractivity (Wildman–Crippen MR) is 111 cm³/mol. The second-order valence-corrected chi connectivity index (χ2v) is 6.90. The van der Waals surface area contributed by atoms with E-state index in [0.29, 0.717) is 16.3 Å². The molecule has 0 saturated carbocycles. The Kier molecular flexibility index (Phi) is 5.61. The molecule has 7 heteroatoms. The maximum atomic E-state index is 12.7. The topological polar surface area (TPSA) is 72.9 Å². The number of nitrogens with zero attached hydrogens (tertiary/aromatic N) is 2. The number of hydrogen-bond donors (Lipinski definition) is 2. The molecule has 2 aromatic carbocycles. The number of aromatic hydroxyl groups is 1. The Labute approximate surface area is 169 Å². The van der Waals surface area contributed by atoms with Crippen LogP contribution in [0.25, 0.3) is 6.08 Å². The van der Waals surface area contributed by atoms with Gasteiger partial charge in [0.1, 0.15) is 11.3 Å². The van der Waals surface area contributed by atoms with Crippen LogP contribution in [0.3, 0.4) is 0 Å². The summed E-state index contributed by atoms with van der Waals surface area (Å²) < 4.78 is 0. The second-order valence-electron chi connectivity index (χ2n) is 6.49. The SMILES string of the molecule is CCN(CC)c1ccc(/C=C2\C(=O)NN(c3ccc(C)c(Cl)c3)C2=O)c(O)c1. The maximum absolute atomic E-state index is 12.7. The molecular formula is C21H22ClN3O3. The highest BCUT2D eigenvalue weighted by molar-refractivity contribution is 6.33. The standard InChI is InChI=1S/C21H22ClN3O3/c1-4-24(5-2)15-9-7-14(19(26)12-15)10-17-20(27)23-25(21(17)28)16-8-6-13(3)18(22)11-16/h6-12,26H,4-5H2,1-3H3,(H,23,27)/b17-10+. The Morgan fingerprint density at radius 1 is 1.14 bits per heavy atom. The molecule has 0 aliphatic carbocycles. The molecule has 2 aromatic rings. The normalized spacial score (nSPS) is 15.3. The minimum Gasteiger partial charge on any atom is -0.507 e.